The third kappa shape index (κ3) is 14.6. The third-order valence-electron chi connectivity index (χ3n) is 13.7. The molecule has 0 saturated carbocycles. The number of Topliss-reactive ketones (excluding diaryl/α,β-unsaturated/α-hetero) is 2. The van der Waals surface area contributed by atoms with Gasteiger partial charge in [0.2, 0.25) is 11.8 Å². The van der Waals surface area contributed by atoms with Crippen LogP contribution in [0.5, 0.6) is 0 Å². The summed E-state index contributed by atoms with van der Waals surface area (Å²) in [4.78, 5) is 101. The molecule has 0 spiro atoms. The second-order valence-corrected chi connectivity index (χ2v) is 19.2. The van der Waals surface area contributed by atoms with Gasteiger partial charge in [-0.3, -0.25) is 28.8 Å². The highest BCUT2D eigenvalue weighted by Gasteiger charge is 2.46. The summed E-state index contributed by atoms with van der Waals surface area (Å²) in [5.41, 5.74) is 13.7. The van der Waals surface area contributed by atoms with E-state index in [0.717, 1.165) is 25.0 Å². The van der Waals surface area contributed by atoms with E-state index in [2.05, 4.69) is 0 Å². The maximum absolute atomic E-state index is 13.9. The zero-order valence-electron chi connectivity index (χ0n) is 41.4. The second-order valence-electron chi connectivity index (χ2n) is 19.2. The lowest BCUT2D eigenvalue weighted by atomic mass is 10.0. The number of fused-ring (bicyclic) bond motifs is 2. The van der Waals surface area contributed by atoms with Crippen LogP contribution in [0.3, 0.4) is 0 Å². The van der Waals surface area contributed by atoms with Gasteiger partial charge in [-0.05, 0) is 87.1 Å². The molecule has 4 saturated heterocycles. The lowest BCUT2D eigenvalue weighted by Gasteiger charge is -2.26. The number of benzene rings is 4. The van der Waals surface area contributed by atoms with Crippen LogP contribution in [-0.4, -0.2) is 140 Å². The topological polar surface area (TPSA) is 242 Å². The number of halogens is 6. The molecule has 0 aromatic heterocycles. The fraction of sp³-hybridized carbons (Fsp3) is 0.370. The molecular weight excluding hydrogens is 1010 g/mol. The summed E-state index contributed by atoms with van der Waals surface area (Å²) in [5.74, 6) is -9.95. The number of aliphatic carboxylic acids is 2. The van der Waals surface area contributed by atoms with E-state index in [4.69, 9.17) is 21.7 Å². The number of hydrogen-bond donors (Lipinski definition) is 4. The Hall–Kier alpha value is -7.72. The number of carbonyl (C=O) groups is 8. The van der Waals surface area contributed by atoms with Gasteiger partial charge >= 0.3 is 11.9 Å². The third-order valence-corrected chi connectivity index (χ3v) is 13.7. The van der Waals surface area contributed by atoms with Crippen molar-refractivity contribution in [3.8, 4) is 0 Å². The lowest BCUT2D eigenvalue weighted by Crippen LogP contribution is -2.43. The predicted molar refractivity (Wildman–Crippen MR) is 262 cm³/mol. The highest BCUT2D eigenvalue weighted by molar-refractivity contribution is 6.00. The molecule has 6 N–H and O–H groups in total. The number of rotatable bonds is 14. The Bertz CT molecular complexity index is 2750. The number of nitrogens with zero attached hydrogens (tertiary/aromatic N) is 4. The first-order chi connectivity index (χ1) is 35.9. The molecule has 4 aromatic carbocycles. The van der Waals surface area contributed by atoms with Crippen molar-refractivity contribution in [1.29, 1.82) is 0 Å². The molecule has 6 atom stereocenters. The minimum atomic E-state index is -1.28. The largest absolute Gasteiger partial charge is 0.478 e. The minimum absolute atomic E-state index is 0.0732. The van der Waals surface area contributed by atoms with Crippen molar-refractivity contribution in [2.24, 2.45) is 23.3 Å². The number of carbonyl (C=O) groups excluding carboxylic acids is 6. The zero-order valence-corrected chi connectivity index (χ0v) is 41.4. The number of carboxylic acids is 2. The van der Waals surface area contributed by atoms with E-state index in [0.29, 0.717) is 85.8 Å². The summed E-state index contributed by atoms with van der Waals surface area (Å²) in [5, 5.41) is 15.6. The van der Waals surface area contributed by atoms with E-state index < -0.39 is 58.9 Å². The predicted octanol–water partition coefficient (Wildman–Crippen LogP) is 5.59. The van der Waals surface area contributed by atoms with Crippen molar-refractivity contribution < 1.29 is 74.9 Å². The monoisotopic (exact) mass is 1060 g/mol. The highest BCUT2D eigenvalue weighted by atomic mass is 19.2. The van der Waals surface area contributed by atoms with Gasteiger partial charge in [-0.2, -0.15) is 0 Å². The van der Waals surface area contributed by atoms with Gasteiger partial charge in [0.25, 0.3) is 11.8 Å². The van der Waals surface area contributed by atoms with Crippen molar-refractivity contribution in [2.75, 3.05) is 39.3 Å². The summed E-state index contributed by atoms with van der Waals surface area (Å²) in [6.07, 6.45) is 2.26. The Labute approximate surface area is 432 Å². The summed E-state index contributed by atoms with van der Waals surface area (Å²) in [7, 11) is 0. The average molecular weight is 1060 g/mol. The summed E-state index contributed by atoms with van der Waals surface area (Å²) >= 11 is 0. The standard InChI is InChI=1S/2C25H26F3N3O3.C4H4O4/c2*1-14(32)15-3-2-4-16(7-15)25(34)30-12-17-5-6-31(23(17)13-30)24(33)10-19(29)8-18-9-21(27)22(28)11-20(18)26;5-3(6)1-2-4(7)8/h2*2-4,7,9,11,17,19,23H,5-6,8,10,12-13,29H2,1H3;1-2H,(H,5,6)(H,7,8)/b;;2-1+/t2*17-,19+,23+;/m00./s1. The SMILES string of the molecule is CC(=O)c1cccc(C(=O)N2C[C@@H]3CCN(C(=O)C[C@H](N)Cc4cc(F)c(F)cc4F)[C@@H]3C2)c1.CC(=O)c1cccc(C(=O)N2C[C@@H]3CCN(C(=O)C[C@H](N)Cc4cc(F)c(F)cc4F)[C@@H]3C2)c1.O=C(O)/C=C/C(=O)O. The van der Waals surface area contributed by atoms with Gasteiger partial charge in [0.1, 0.15) is 11.6 Å². The van der Waals surface area contributed by atoms with Crippen LogP contribution in [0.25, 0.3) is 0 Å². The first-order valence-corrected chi connectivity index (χ1v) is 24.2. The normalized spacial score (nSPS) is 19.2. The molecule has 76 heavy (non-hydrogen) atoms. The van der Waals surface area contributed by atoms with Crippen molar-refractivity contribution in [2.45, 2.75) is 76.5 Å². The smallest absolute Gasteiger partial charge is 0.328 e. The minimum Gasteiger partial charge on any atom is -0.478 e. The fourth-order valence-corrected chi connectivity index (χ4v) is 9.96. The van der Waals surface area contributed by atoms with Crippen LogP contribution >= 0.6 is 0 Å². The molecule has 4 aliphatic heterocycles. The van der Waals surface area contributed by atoms with Crippen molar-refractivity contribution in [1.82, 2.24) is 19.6 Å². The van der Waals surface area contributed by atoms with Crippen LogP contribution in [0.15, 0.2) is 84.9 Å². The van der Waals surface area contributed by atoms with Crippen LogP contribution in [0.1, 0.15) is 92.1 Å². The number of likely N-dealkylation sites (tertiary alicyclic amines) is 4. The number of carboxylic acid groups (broad SMARTS) is 2. The summed E-state index contributed by atoms with van der Waals surface area (Å²) < 4.78 is 81.0. The Morgan fingerprint density at radius 1 is 0.526 bits per heavy atom. The van der Waals surface area contributed by atoms with Crippen LogP contribution in [0.2, 0.25) is 0 Å². The molecular formula is C54H56F6N6O10. The van der Waals surface area contributed by atoms with Crippen molar-refractivity contribution >= 4 is 47.1 Å². The highest BCUT2D eigenvalue weighted by Crippen LogP contribution is 2.35. The van der Waals surface area contributed by atoms with Gasteiger partial charge < -0.3 is 41.3 Å². The van der Waals surface area contributed by atoms with E-state index in [1.54, 1.807) is 68.1 Å². The van der Waals surface area contributed by atoms with Gasteiger partial charge in [0, 0.05) is 123 Å². The molecule has 16 nitrogen and oxygen atoms in total. The molecule has 8 rings (SSSR count). The molecule has 4 aromatic rings. The molecule has 0 radical (unpaired) electrons. The molecule has 404 valence electrons. The number of amides is 4. The maximum atomic E-state index is 13.9. The Morgan fingerprint density at radius 3 is 1.21 bits per heavy atom. The second kappa shape index (κ2) is 25.2. The van der Waals surface area contributed by atoms with Crippen LogP contribution < -0.4 is 11.5 Å². The quantitative estimate of drug-likeness (QED) is 0.0523. The Balaban J connectivity index is 0.000000216. The van der Waals surface area contributed by atoms with E-state index in [1.165, 1.54) is 13.8 Å². The van der Waals surface area contributed by atoms with Gasteiger partial charge in [-0.1, -0.05) is 24.3 Å². The molecule has 4 aliphatic rings. The van der Waals surface area contributed by atoms with Crippen LogP contribution in [0, 0.1) is 46.7 Å². The first kappa shape index (κ1) is 57.6. The maximum Gasteiger partial charge on any atom is 0.328 e. The van der Waals surface area contributed by atoms with E-state index >= 15 is 0 Å². The van der Waals surface area contributed by atoms with Crippen molar-refractivity contribution in [3.63, 3.8) is 0 Å². The molecule has 0 aliphatic carbocycles. The summed E-state index contributed by atoms with van der Waals surface area (Å²) in [6, 6.07) is 13.8. The van der Waals surface area contributed by atoms with E-state index in [-0.39, 0.29) is 95.9 Å². The first-order valence-electron chi connectivity index (χ1n) is 24.2. The van der Waals surface area contributed by atoms with E-state index in [9.17, 15) is 64.7 Å². The van der Waals surface area contributed by atoms with E-state index in [1.807, 2.05) is 0 Å². The molecule has 0 unspecified atom stereocenters. The van der Waals surface area contributed by atoms with Crippen LogP contribution in [0.4, 0.5) is 26.3 Å². The zero-order chi connectivity index (χ0) is 55.7. The average Bonchev–Trinajstić information content (AvgIpc) is 4.17. The molecule has 22 heteroatoms. The van der Waals surface area contributed by atoms with Crippen LogP contribution in [-0.2, 0) is 32.0 Å². The van der Waals surface area contributed by atoms with Gasteiger partial charge in [0.05, 0.1) is 12.1 Å². The van der Waals surface area contributed by atoms with Gasteiger partial charge in [-0.25, -0.2) is 35.9 Å². The Morgan fingerprint density at radius 2 is 0.868 bits per heavy atom. The molecule has 4 amide bonds. The lowest BCUT2D eigenvalue weighted by molar-refractivity contribution is -0.134. The van der Waals surface area contributed by atoms with Crippen molar-refractivity contribution in [3.05, 3.63) is 153 Å². The molecule has 4 heterocycles. The van der Waals surface area contributed by atoms with Gasteiger partial charge in [-0.15, -0.1) is 0 Å². The fourth-order valence-electron chi connectivity index (χ4n) is 9.96. The Kier molecular flexibility index (Phi) is 19.1. The number of ketones is 2. The summed E-state index contributed by atoms with van der Waals surface area (Å²) in [6.45, 7) is 5.77. The molecule has 0 bridgehead atoms. The number of hydrogen-bond acceptors (Lipinski definition) is 10. The molecule has 4 fully saturated rings. The number of nitrogens with two attached hydrogens (primary N) is 2. The van der Waals surface area contributed by atoms with Gasteiger partial charge in [0.15, 0.2) is 34.8 Å².